The molecule has 0 aliphatic rings. The van der Waals surface area contributed by atoms with Crippen LogP contribution in [0.25, 0.3) is 0 Å². The maximum Gasteiger partial charge on any atom is 0.303 e. The number of ether oxygens (including phenoxy) is 4. The third kappa shape index (κ3) is 10.3. The molecule has 4 N–H and O–H groups in total. The van der Waals surface area contributed by atoms with E-state index in [9.17, 15) is 28.8 Å². The fourth-order valence-corrected chi connectivity index (χ4v) is 7.27. The lowest BCUT2D eigenvalue weighted by molar-refractivity contribution is -0.159. The number of nitrogens with two attached hydrogens (primary N) is 2. The molecule has 2 amide bonds. The van der Waals surface area contributed by atoms with Gasteiger partial charge >= 0.3 is 23.9 Å². The molecule has 0 saturated heterocycles. The third-order valence-corrected chi connectivity index (χ3v) is 7.88. The number of rotatable bonds is 12. The predicted octanol–water partition coefficient (Wildman–Crippen LogP) is 1.61. The van der Waals surface area contributed by atoms with Gasteiger partial charge in [0.25, 0.3) is 11.8 Å². The second kappa shape index (κ2) is 15.6. The molecule has 0 aliphatic heterocycles. The number of carbonyl (C=O) groups is 6. The van der Waals surface area contributed by atoms with Crippen molar-refractivity contribution < 1.29 is 47.7 Å². The van der Waals surface area contributed by atoms with Crippen molar-refractivity contribution in [1.82, 2.24) is 4.90 Å². The quantitative estimate of drug-likeness (QED) is 0.134. The minimum absolute atomic E-state index is 0.0287. The highest BCUT2D eigenvalue weighted by Gasteiger charge is 2.32. The molecule has 16 heteroatoms. The lowest BCUT2D eigenvalue weighted by Gasteiger charge is -2.31. The Hall–Kier alpha value is -1.97. The van der Waals surface area contributed by atoms with E-state index in [0.717, 1.165) is 32.6 Å². The predicted molar refractivity (Wildman–Crippen MR) is 158 cm³/mol. The van der Waals surface area contributed by atoms with Crippen LogP contribution in [-0.2, 0) is 38.1 Å². The molecule has 210 valence electrons. The zero-order chi connectivity index (χ0) is 29.3. The van der Waals surface area contributed by atoms with Crippen LogP contribution in [0, 0.1) is 10.7 Å². The monoisotopic (exact) mass is 873 g/mol. The van der Waals surface area contributed by atoms with E-state index in [2.05, 4.69) is 0 Å². The molecule has 2 unspecified atom stereocenters. The lowest BCUT2D eigenvalue weighted by Crippen LogP contribution is -2.47. The third-order valence-electron chi connectivity index (χ3n) is 4.56. The Morgan fingerprint density at radius 1 is 0.711 bits per heavy atom. The normalized spacial score (nSPS) is 12.1. The van der Waals surface area contributed by atoms with Gasteiger partial charge in [0.15, 0.2) is 12.2 Å². The Balaban J connectivity index is 3.65. The summed E-state index contributed by atoms with van der Waals surface area (Å²) >= 11 is 5.52. The summed E-state index contributed by atoms with van der Waals surface area (Å²) in [5.74, 6) is -4.19. The highest BCUT2D eigenvalue weighted by molar-refractivity contribution is 14.1. The number of anilines is 1. The molecule has 1 aromatic rings. The molecule has 0 fully saturated rings. The minimum atomic E-state index is -1.11. The van der Waals surface area contributed by atoms with Crippen LogP contribution in [0.5, 0.6) is 0 Å². The molecule has 13 nitrogen and oxygen atoms in total. The van der Waals surface area contributed by atoms with E-state index >= 15 is 0 Å². The summed E-state index contributed by atoms with van der Waals surface area (Å²) in [6, 6.07) is 0. The first kappa shape index (κ1) is 34.1. The molecule has 0 radical (unpaired) electrons. The summed E-state index contributed by atoms with van der Waals surface area (Å²) in [7, 11) is 0. The zero-order valence-electron chi connectivity index (χ0n) is 20.8. The molecule has 0 bridgehead atoms. The number of amides is 2. The molecule has 0 aromatic heterocycles. The number of hydrogen-bond donors (Lipinski definition) is 2. The van der Waals surface area contributed by atoms with Crippen LogP contribution >= 0.6 is 67.8 Å². The van der Waals surface area contributed by atoms with E-state index in [1.165, 1.54) is 0 Å². The highest BCUT2D eigenvalue weighted by Crippen LogP contribution is 2.34. The zero-order valence-corrected chi connectivity index (χ0v) is 27.3. The van der Waals surface area contributed by atoms with Gasteiger partial charge in [0, 0.05) is 31.3 Å². The van der Waals surface area contributed by atoms with Crippen molar-refractivity contribution in [2.24, 2.45) is 5.73 Å². The van der Waals surface area contributed by atoms with Crippen LogP contribution in [-0.4, -0.2) is 79.1 Å². The molecule has 38 heavy (non-hydrogen) atoms. The molecule has 0 spiro atoms. The van der Waals surface area contributed by atoms with E-state index in [0.29, 0.717) is 7.14 Å². The molecular weight excluding hydrogens is 847 g/mol. The van der Waals surface area contributed by atoms with Crippen molar-refractivity contribution in [2.45, 2.75) is 39.9 Å². The van der Waals surface area contributed by atoms with Gasteiger partial charge in [-0.3, -0.25) is 28.8 Å². The Morgan fingerprint density at radius 2 is 1.11 bits per heavy atom. The number of benzene rings is 1. The first-order chi connectivity index (χ1) is 17.6. The smallest absolute Gasteiger partial charge is 0.303 e. The van der Waals surface area contributed by atoms with Crippen LogP contribution in [0.4, 0.5) is 5.69 Å². The van der Waals surface area contributed by atoms with E-state index in [1.807, 2.05) is 67.8 Å². The Labute approximate surface area is 259 Å². The number of primary amides is 1. The summed E-state index contributed by atoms with van der Waals surface area (Å²) in [5, 5.41) is 0. The summed E-state index contributed by atoms with van der Waals surface area (Å²) < 4.78 is 21.3. The highest BCUT2D eigenvalue weighted by atomic mass is 127. The summed E-state index contributed by atoms with van der Waals surface area (Å²) in [6.07, 6.45) is -2.22. The van der Waals surface area contributed by atoms with Gasteiger partial charge < -0.3 is 35.3 Å². The minimum Gasteiger partial charge on any atom is -0.462 e. The SMILES string of the molecule is CC(=O)OCC(CN(CC(COC(C)=O)OC(C)=O)C(=O)c1c(I)c(N)c(I)c(C(N)=O)c1I)OC(C)=O. The summed E-state index contributed by atoms with van der Waals surface area (Å²) in [6.45, 7) is 3.19. The van der Waals surface area contributed by atoms with Gasteiger partial charge in [-0.25, -0.2) is 0 Å². The van der Waals surface area contributed by atoms with Crippen LogP contribution in [0.2, 0.25) is 0 Å². The van der Waals surface area contributed by atoms with Crippen LogP contribution < -0.4 is 11.5 Å². The molecule has 2 atom stereocenters. The first-order valence-corrected chi connectivity index (χ1v) is 14.0. The van der Waals surface area contributed by atoms with Gasteiger partial charge in [-0.15, -0.1) is 0 Å². The van der Waals surface area contributed by atoms with Crippen molar-refractivity contribution >= 4 is 109 Å². The topological polar surface area (TPSA) is 195 Å². The number of halogens is 3. The average molecular weight is 873 g/mol. The van der Waals surface area contributed by atoms with Crippen molar-refractivity contribution in [1.29, 1.82) is 0 Å². The van der Waals surface area contributed by atoms with Crippen LogP contribution in [0.1, 0.15) is 48.4 Å². The number of carbonyl (C=O) groups excluding carboxylic acids is 6. The molecule has 0 heterocycles. The first-order valence-electron chi connectivity index (χ1n) is 10.7. The Bertz CT molecular complexity index is 1090. The maximum absolute atomic E-state index is 14.0. The molecule has 0 aliphatic carbocycles. The number of nitrogen functional groups attached to an aromatic ring is 1. The van der Waals surface area contributed by atoms with Gasteiger partial charge in [-0.1, -0.05) is 0 Å². The van der Waals surface area contributed by atoms with Crippen molar-refractivity contribution in [3.05, 3.63) is 21.8 Å². The van der Waals surface area contributed by atoms with E-state index in [-0.39, 0.29) is 46.7 Å². The molecular formula is C22H26I3N3O10. The largest absolute Gasteiger partial charge is 0.462 e. The van der Waals surface area contributed by atoms with E-state index in [1.54, 1.807) is 0 Å². The fourth-order valence-electron chi connectivity index (χ4n) is 3.12. The van der Waals surface area contributed by atoms with Gasteiger partial charge in [0.05, 0.1) is 37.0 Å². The number of esters is 4. The molecule has 0 saturated carbocycles. The van der Waals surface area contributed by atoms with Gasteiger partial charge in [-0.2, -0.15) is 0 Å². The Kier molecular flexibility index (Phi) is 14.0. The summed E-state index contributed by atoms with van der Waals surface area (Å²) in [5.41, 5.74) is 11.9. The Morgan fingerprint density at radius 3 is 1.45 bits per heavy atom. The lowest BCUT2D eigenvalue weighted by atomic mass is 10.1. The standard InChI is InChI=1S/C22H26I3N3O10/c1-9(29)35-7-13(37-11(3)31)5-28(6-14(38-12(4)32)8-36-10(2)30)22(34)16-17(23)15(21(27)33)18(24)20(26)19(16)25/h13-14H,5-8,26H2,1-4H3,(H2,27,33). The number of nitrogens with zero attached hydrogens (tertiary/aromatic N) is 1. The van der Waals surface area contributed by atoms with Gasteiger partial charge in [0.2, 0.25) is 0 Å². The summed E-state index contributed by atoms with van der Waals surface area (Å²) in [4.78, 5) is 73.4. The average Bonchev–Trinajstić information content (AvgIpc) is 2.78. The van der Waals surface area contributed by atoms with Crippen molar-refractivity contribution in [2.75, 3.05) is 32.0 Å². The van der Waals surface area contributed by atoms with Crippen LogP contribution in [0.15, 0.2) is 0 Å². The molecule has 1 rings (SSSR count). The second-order valence-electron chi connectivity index (χ2n) is 7.75. The second-order valence-corrected chi connectivity index (χ2v) is 11.0. The van der Waals surface area contributed by atoms with Crippen molar-refractivity contribution in [3.63, 3.8) is 0 Å². The van der Waals surface area contributed by atoms with E-state index < -0.39 is 47.9 Å². The van der Waals surface area contributed by atoms with Crippen molar-refractivity contribution in [3.8, 4) is 0 Å². The maximum atomic E-state index is 14.0. The fraction of sp³-hybridized carbons (Fsp3) is 0.455. The van der Waals surface area contributed by atoms with E-state index in [4.69, 9.17) is 30.4 Å². The van der Waals surface area contributed by atoms with Gasteiger partial charge in [0.1, 0.15) is 13.2 Å². The van der Waals surface area contributed by atoms with Gasteiger partial charge in [-0.05, 0) is 67.8 Å². The van der Waals surface area contributed by atoms with Crippen LogP contribution in [0.3, 0.4) is 0 Å². The number of hydrogen-bond acceptors (Lipinski definition) is 11. The molecule has 1 aromatic carbocycles.